The van der Waals surface area contributed by atoms with Crippen molar-refractivity contribution in [1.29, 1.82) is 0 Å². The Bertz CT molecular complexity index is 570. The lowest BCUT2D eigenvalue weighted by atomic mass is 10.0. The van der Waals surface area contributed by atoms with Gasteiger partial charge in [-0.2, -0.15) is 0 Å². The quantitative estimate of drug-likeness (QED) is 0.275. The molecule has 1 rings (SSSR count). The van der Waals surface area contributed by atoms with Crippen LogP contribution in [0.25, 0.3) is 0 Å². The Balaban J connectivity index is 2.61. The number of ketones is 1. The van der Waals surface area contributed by atoms with E-state index in [9.17, 15) is 4.79 Å². The lowest BCUT2D eigenvalue weighted by Gasteiger charge is -2.42. The molecule has 176 valence electrons. The highest BCUT2D eigenvalue weighted by Crippen LogP contribution is 2.42. The van der Waals surface area contributed by atoms with Crippen molar-refractivity contribution in [3.8, 4) is 0 Å². The number of rotatable bonds is 11. The fraction of sp³-hybridized carbons (Fsp3) is 0.875. The molecular formula is C24H49NO3Si2. The van der Waals surface area contributed by atoms with Gasteiger partial charge >= 0.3 is 0 Å². The number of hydrogen-bond donors (Lipinski definition) is 1. The molecule has 0 saturated carbocycles. The van der Waals surface area contributed by atoms with E-state index in [-0.39, 0.29) is 16.9 Å². The third-order valence-corrected chi connectivity index (χ3v) is 17.9. The number of carbonyl (C=O) groups excluding carboxylic acids is 1. The molecule has 1 heterocycles. The van der Waals surface area contributed by atoms with E-state index in [2.05, 4.69) is 80.7 Å². The van der Waals surface area contributed by atoms with Crippen molar-refractivity contribution in [1.82, 2.24) is 5.32 Å². The second kappa shape index (κ2) is 10.9. The molecule has 0 spiro atoms. The van der Waals surface area contributed by atoms with Crippen LogP contribution in [0.15, 0.2) is 11.8 Å². The second-order valence-corrected chi connectivity index (χ2v) is 21.8. The van der Waals surface area contributed by atoms with E-state index in [1.165, 1.54) is 0 Å². The van der Waals surface area contributed by atoms with Crippen molar-refractivity contribution in [3.63, 3.8) is 0 Å². The number of allylic oxidation sites excluding steroid dienone is 2. The topological polar surface area (TPSA) is 47.6 Å². The summed E-state index contributed by atoms with van der Waals surface area (Å²) >= 11 is 0. The van der Waals surface area contributed by atoms with Gasteiger partial charge in [0.2, 0.25) is 0 Å². The molecule has 0 saturated heterocycles. The van der Waals surface area contributed by atoms with Crippen molar-refractivity contribution >= 4 is 22.4 Å². The third-order valence-electron chi connectivity index (χ3n) is 7.27. The van der Waals surface area contributed by atoms with Crippen molar-refractivity contribution in [2.24, 2.45) is 0 Å². The summed E-state index contributed by atoms with van der Waals surface area (Å²) in [6.45, 7) is 26.6. The molecule has 1 N–H and O–H groups in total. The molecular weight excluding hydrogens is 406 g/mol. The first-order valence-electron chi connectivity index (χ1n) is 11.9. The minimum atomic E-state index is -1.82. The number of nitrogens with one attached hydrogen (secondary N) is 1. The van der Waals surface area contributed by atoms with Crippen molar-refractivity contribution in [2.75, 3.05) is 13.2 Å². The summed E-state index contributed by atoms with van der Waals surface area (Å²) in [5.41, 5.74) is 2.85. The largest absolute Gasteiger partial charge is 0.416 e. The Kier molecular flexibility index (Phi) is 10.1. The normalized spacial score (nSPS) is 18.9. The summed E-state index contributed by atoms with van der Waals surface area (Å²) in [7, 11) is -3.62. The molecule has 0 amide bonds. The summed E-state index contributed by atoms with van der Waals surface area (Å²) in [4.78, 5) is 12.3. The number of carbonyl (C=O) groups is 1. The smallest absolute Gasteiger partial charge is 0.200 e. The molecule has 1 atom stereocenters. The van der Waals surface area contributed by atoms with Gasteiger partial charge < -0.3 is 14.2 Å². The summed E-state index contributed by atoms with van der Waals surface area (Å²) in [6.07, 6.45) is 4.13. The molecule has 1 aliphatic heterocycles. The predicted octanol–water partition coefficient (Wildman–Crippen LogP) is 6.80. The maximum atomic E-state index is 12.3. The monoisotopic (exact) mass is 455 g/mol. The first-order chi connectivity index (χ1) is 13.6. The molecule has 0 aromatic heterocycles. The number of hydrogen-bond acceptors (Lipinski definition) is 4. The zero-order valence-electron chi connectivity index (χ0n) is 21.6. The fourth-order valence-electron chi connectivity index (χ4n) is 4.63. The molecule has 0 radical (unpaired) electrons. The van der Waals surface area contributed by atoms with Crippen LogP contribution in [-0.4, -0.2) is 41.7 Å². The van der Waals surface area contributed by atoms with Gasteiger partial charge in [0.05, 0.1) is 12.6 Å². The molecule has 0 unspecified atom stereocenters. The Morgan fingerprint density at radius 3 is 2.03 bits per heavy atom. The first kappa shape index (κ1) is 27.6. The minimum absolute atomic E-state index is 0.0861. The lowest BCUT2D eigenvalue weighted by molar-refractivity contribution is -0.115. The summed E-state index contributed by atoms with van der Waals surface area (Å²) in [6, 6.07) is 0.0861. The standard InChI is InChI=1S/C24H49NO3Si2/c1-18(2)30(19(3)4,20(5)6)27-14-12-13-21-15-23(26)16-22(25-21)17-28-29(10,11)24(7,8)9/h15,18-20,22,25H,12-14,16-17H2,1-11H3/t22-/m1/s1. The molecule has 0 fully saturated rings. The minimum Gasteiger partial charge on any atom is -0.416 e. The molecule has 6 heteroatoms. The average Bonchev–Trinajstić information content (AvgIpc) is 2.57. The van der Waals surface area contributed by atoms with Gasteiger partial charge in [-0.15, -0.1) is 0 Å². The van der Waals surface area contributed by atoms with E-state index < -0.39 is 16.6 Å². The van der Waals surface area contributed by atoms with Crippen molar-refractivity contribution < 1.29 is 13.6 Å². The van der Waals surface area contributed by atoms with E-state index in [4.69, 9.17) is 8.85 Å². The van der Waals surface area contributed by atoms with Gasteiger partial charge in [0.1, 0.15) is 0 Å². The molecule has 30 heavy (non-hydrogen) atoms. The van der Waals surface area contributed by atoms with E-state index in [0.717, 1.165) is 25.1 Å². The average molecular weight is 456 g/mol. The fourth-order valence-corrected chi connectivity index (χ4v) is 11.2. The molecule has 1 aliphatic rings. The highest BCUT2D eigenvalue weighted by atomic mass is 28.4. The van der Waals surface area contributed by atoms with Crippen molar-refractivity contribution in [3.05, 3.63) is 11.8 Å². The van der Waals surface area contributed by atoms with Gasteiger partial charge in [-0.05, 0) is 47.6 Å². The van der Waals surface area contributed by atoms with E-state index in [1.54, 1.807) is 6.08 Å². The molecule has 0 aliphatic carbocycles. The van der Waals surface area contributed by atoms with Crippen LogP contribution in [-0.2, 0) is 13.6 Å². The molecule has 0 aromatic rings. The summed E-state index contributed by atoms with van der Waals surface area (Å²) in [5, 5.41) is 3.75. The zero-order valence-corrected chi connectivity index (χ0v) is 23.6. The molecule has 4 nitrogen and oxygen atoms in total. The highest BCUT2D eigenvalue weighted by molar-refractivity contribution is 6.77. The van der Waals surface area contributed by atoms with Crippen LogP contribution in [0.5, 0.6) is 0 Å². The predicted molar refractivity (Wildman–Crippen MR) is 134 cm³/mol. The maximum absolute atomic E-state index is 12.3. The Morgan fingerprint density at radius 2 is 1.57 bits per heavy atom. The second-order valence-electron chi connectivity index (χ2n) is 11.5. The van der Waals surface area contributed by atoms with Gasteiger partial charge in [0.15, 0.2) is 22.4 Å². The van der Waals surface area contributed by atoms with Crippen LogP contribution in [0, 0.1) is 0 Å². The van der Waals surface area contributed by atoms with Crippen LogP contribution in [0.4, 0.5) is 0 Å². The first-order valence-corrected chi connectivity index (χ1v) is 17.0. The van der Waals surface area contributed by atoms with Crippen LogP contribution in [0.2, 0.25) is 34.8 Å². The Hall–Kier alpha value is -0.436. The molecule has 0 bridgehead atoms. The van der Waals surface area contributed by atoms with Crippen LogP contribution < -0.4 is 5.32 Å². The Morgan fingerprint density at radius 1 is 1.03 bits per heavy atom. The maximum Gasteiger partial charge on any atom is 0.200 e. The lowest BCUT2D eigenvalue weighted by Crippen LogP contribution is -2.48. The van der Waals surface area contributed by atoms with Gasteiger partial charge in [-0.1, -0.05) is 62.3 Å². The zero-order chi connectivity index (χ0) is 23.3. The Labute approximate surface area is 188 Å². The van der Waals surface area contributed by atoms with E-state index in [1.807, 2.05) is 0 Å². The van der Waals surface area contributed by atoms with Gasteiger partial charge in [0.25, 0.3) is 0 Å². The third kappa shape index (κ3) is 7.04. The summed E-state index contributed by atoms with van der Waals surface area (Å²) in [5.74, 6) is 0.212. The summed E-state index contributed by atoms with van der Waals surface area (Å²) < 4.78 is 13.0. The SMILES string of the molecule is CC(C)[Si](OCCCC1=CC(=O)C[C@H](CO[Si](C)(C)C(C)(C)C)N1)(C(C)C)C(C)C. The highest BCUT2D eigenvalue weighted by Gasteiger charge is 2.44. The van der Waals surface area contributed by atoms with E-state index >= 15 is 0 Å². The van der Waals surface area contributed by atoms with Gasteiger partial charge in [0, 0.05) is 24.8 Å². The van der Waals surface area contributed by atoms with Crippen molar-refractivity contribution in [2.45, 2.75) is 122 Å². The molecule has 0 aromatic carbocycles. The van der Waals surface area contributed by atoms with Crippen LogP contribution in [0.1, 0.15) is 81.6 Å². The van der Waals surface area contributed by atoms with Gasteiger partial charge in [-0.3, -0.25) is 4.79 Å². The van der Waals surface area contributed by atoms with Gasteiger partial charge in [-0.25, -0.2) is 0 Å². The van der Waals surface area contributed by atoms with Crippen LogP contribution in [0.3, 0.4) is 0 Å². The van der Waals surface area contributed by atoms with E-state index in [0.29, 0.717) is 29.7 Å². The van der Waals surface area contributed by atoms with Crippen LogP contribution >= 0.6 is 0 Å².